The Morgan fingerprint density at radius 1 is 1.00 bits per heavy atom. The highest BCUT2D eigenvalue weighted by molar-refractivity contribution is 5.92. The summed E-state index contributed by atoms with van der Waals surface area (Å²) < 4.78 is 9.91. The van der Waals surface area contributed by atoms with Crippen molar-refractivity contribution in [1.29, 1.82) is 0 Å². The molecule has 0 aromatic heterocycles. The molecule has 0 bridgehead atoms. The Balaban J connectivity index is 1.55. The van der Waals surface area contributed by atoms with Gasteiger partial charge in [-0.25, -0.2) is 9.59 Å². The summed E-state index contributed by atoms with van der Waals surface area (Å²) in [6, 6.07) is 14.0. The number of fused-ring (bicyclic) bond motifs is 1. The van der Waals surface area contributed by atoms with Gasteiger partial charge in [0, 0.05) is 6.42 Å². The van der Waals surface area contributed by atoms with Crippen molar-refractivity contribution >= 4 is 17.8 Å². The van der Waals surface area contributed by atoms with Gasteiger partial charge in [-0.1, -0.05) is 36.4 Å². The minimum absolute atomic E-state index is 0.290. The smallest absolute Gasteiger partial charge is 0.338 e. The third kappa shape index (κ3) is 5.67. The van der Waals surface area contributed by atoms with E-state index in [1.807, 2.05) is 42.5 Å². The van der Waals surface area contributed by atoms with Crippen LogP contribution in [0.25, 0.3) is 0 Å². The molecule has 1 aliphatic rings. The second-order valence-corrected chi connectivity index (χ2v) is 7.10. The van der Waals surface area contributed by atoms with Gasteiger partial charge in [-0.05, 0) is 54.5 Å². The number of rotatable bonds is 7. The Hall–Kier alpha value is -3.15. The van der Waals surface area contributed by atoms with Crippen LogP contribution in [0.3, 0.4) is 0 Å². The van der Waals surface area contributed by atoms with Crippen LogP contribution in [-0.2, 0) is 38.3 Å². The summed E-state index contributed by atoms with van der Waals surface area (Å²) >= 11 is 0. The number of ether oxygens (including phenoxy) is 2. The number of aryl methyl sites for hydroxylation is 2. The Kier molecular flexibility index (Phi) is 7.00. The number of carbonyl (C=O) groups excluding carboxylic acids is 3. The number of amides is 1. The van der Waals surface area contributed by atoms with E-state index >= 15 is 0 Å². The molecule has 0 unspecified atom stereocenters. The largest absolute Gasteiger partial charge is 0.467 e. The van der Waals surface area contributed by atoms with Crippen molar-refractivity contribution in [3.8, 4) is 0 Å². The molecule has 152 valence electrons. The van der Waals surface area contributed by atoms with Crippen LogP contribution in [0.4, 0.5) is 0 Å². The van der Waals surface area contributed by atoms with Crippen molar-refractivity contribution in [2.24, 2.45) is 0 Å². The molecule has 6 nitrogen and oxygen atoms in total. The molecule has 0 fully saturated rings. The molecule has 0 spiro atoms. The molecule has 2 aromatic carbocycles. The Morgan fingerprint density at radius 2 is 1.72 bits per heavy atom. The second kappa shape index (κ2) is 9.87. The van der Waals surface area contributed by atoms with E-state index in [1.165, 1.54) is 24.7 Å². The zero-order chi connectivity index (χ0) is 20.6. The Bertz CT molecular complexity index is 878. The van der Waals surface area contributed by atoms with Crippen LogP contribution in [-0.4, -0.2) is 37.6 Å². The lowest BCUT2D eigenvalue weighted by molar-refractivity contribution is -0.145. The van der Waals surface area contributed by atoms with Crippen molar-refractivity contribution in [1.82, 2.24) is 5.32 Å². The van der Waals surface area contributed by atoms with Gasteiger partial charge >= 0.3 is 11.9 Å². The van der Waals surface area contributed by atoms with Crippen LogP contribution < -0.4 is 5.32 Å². The maximum atomic E-state index is 12.3. The molecule has 0 aliphatic heterocycles. The predicted molar refractivity (Wildman–Crippen MR) is 107 cm³/mol. The molecule has 0 radical (unpaired) electrons. The molecule has 0 saturated heterocycles. The Labute approximate surface area is 170 Å². The number of hydrogen-bond acceptors (Lipinski definition) is 5. The van der Waals surface area contributed by atoms with Gasteiger partial charge in [-0.2, -0.15) is 0 Å². The molecule has 29 heavy (non-hydrogen) atoms. The minimum Gasteiger partial charge on any atom is -0.467 e. The van der Waals surface area contributed by atoms with Gasteiger partial charge < -0.3 is 14.8 Å². The molecule has 2 aromatic rings. The number of hydrogen-bond donors (Lipinski definition) is 1. The SMILES string of the molecule is COC(=O)[C@H](Cc1ccccc1)NC(=O)COC(=O)c1ccc2c(c1)CCCC2. The standard InChI is InChI=1S/C23H25NO5/c1-28-23(27)20(13-16-7-3-2-4-8-16)24-21(25)15-29-22(26)19-12-11-17-9-5-6-10-18(17)14-19/h2-4,7-8,11-12,14,20H,5-6,9-10,13,15H2,1H3,(H,24,25)/t20-/m0/s1. The van der Waals surface area contributed by atoms with Crippen LogP contribution >= 0.6 is 0 Å². The van der Waals surface area contributed by atoms with Crippen molar-refractivity contribution in [2.45, 2.75) is 38.1 Å². The first kappa shape index (κ1) is 20.6. The molecule has 1 atom stereocenters. The van der Waals surface area contributed by atoms with Gasteiger partial charge in [0.1, 0.15) is 6.04 Å². The number of carbonyl (C=O) groups is 3. The van der Waals surface area contributed by atoms with E-state index in [2.05, 4.69) is 5.32 Å². The summed E-state index contributed by atoms with van der Waals surface area (Å²) in [6.07, 6.45) is 4.56. The maximum absolute atomic E-state index is 12.3. The van der Waals surface area contributed by atoms with Gasteiger partial charge in [-0.3, -0.25) is 4.79 Å². The van der Waals surface area contributed by atoms with E-state index in [4.69, 9.17) is 9.47 Å². The molecule has 1 aliphatic carbocycles. The molecule has 1 N–H and O–H groups in total. The Morgan fingerprint density at radius 3 is 2.45 bits per heavy atom. The summed E-state index contributed by atoms with van der Waals surface area (Å²) in [5.74, 6) is -1.66. The normalized spacial score (nSPS) is 13.7. The first-order valence-corrected chi connectivity index (χ1v) is 9.77. The van der Waals surface area contributed by atoms with E-state index in [-0.39, 0.29) is 6.42 Å². The number of benzene rings is 2. The molecular formula is C23H25NO5. The van der Waals surface area contributed by atoms with Crippen molar-refractivity contribution in [3.63, 3.8) is 0 Å². The molecular weight excluding hydrogens is 370 g/mol. The van der Waals surface area contributed by atoms with E-state index in [1.54, 1.807) is 6.07 Å². The minimum atomic E-state index is -0.850. The summed E-state index contributed by atoms with van der Waals surface area (Å²) in [4.78, 5) is 36.5. The van der Waals surface area contributed by atoms with Crippen LogP contribution in [0.5, 0.6) is 0 Å². The number of esters is 2. The fraction of sp³-hybridized carbons (Fsp3) is 0.348. The predicted octanol–water partition coefficient (Wildman–Crippen LogP) is 2.62. The summed E-state index contributed by atoms with van der Waals surface area (Å²) in [5.41, 5.74) is 3.76. The van der Waals surface area contributed by atoms with Gasteiger partial charge in [0.05, 0.1) is 12.7 Å². The zero-order valence-electron chi connectivity index (χ0n) is 16.5. The lowest BCUT2D eigenvalue weighted by atomic mass is 9.90. The molecule has 1 amide bonds. The summed E-state index contributed by atoms with van der Waals surface area (Å²) in [7, 11) is 1.27. The summed E-state index contributed by atoms with van der Waals surface area (Å²) in [5, 5.41) is 2.58. The average Bonchev–Trinajstić information content (AvgIpc) is 2.76. The molecule has 0 heterocycles. The molecule has 3 rings (SSSR count). The number of methoxy groups -OCH3 is 1. The fourth-order valence-electron chi connectivity index (χ4n) is 3.50. The van der Waals surface area contributed by atoms with Crippen LogP contribution in [0, 0.1) is 0 Å². The van der Waals surface area contributed by atoms with Crippen LogP contribution in [0.1, 0.15) is 39.9 Å². The third-order valence-electron chi connectivity index (χ3n) is 5.02. The average molecular weight is 395 g/mol. The third-order valence-corrected chi connectivity index (χ3v) is 5.02. The molecule has 0 saturated carbocycles. The lowest BCUT2D eigenvalue weighted by Gasteiger charge is -2.17. The van der Waals surface area contributed by atoms with Gasteiger partial charge in [-0.15, -0.1) is 0 Å². The zero-order valence-corrected chi connectivity index (χ0v) is 16.5. The second-order valence-electron chi connectivity index (χ2n) is 7.10. The first-order valence-electron chi connectivity index (χ1n) is 9.77. The highest BCUT2D eigenvalue weighted by Crippen LogP contribution is 2.22. The van der Waals surface area contributed by atoms with Crippen LogP contribution in [0.15, 0.2) is 48.5 Å². The summed E-state index contributed by atoms with van der Waals surface area (Å²) in [6.45, 7) is -0.460. The fourth-order valence-corrected chi connectivity index (χ4v) is 3.50. The quantitative estimate of drug-likeness (QED) is 0.729. The lowest BCUT2D eigenvalue weighted by Crippen LogP contribution is -2.44. The van der Waals surface area contributed by atoms with E-state index < -0.39 is 30.5 Å². The monoisotopic (exact) mass is 395 g/mol. The number of nitrogens with one attached hydrogen (secondary N) is 1. The van der Waals surface area contributed by atoms with Crippen molar-refractivity contribution in [2.75, 3.05) is 13.7 Å². The van der Waals surface area contributed by atoms with Crippen molar-refractivity contribution in [3.05, 3.63) is 70.8 Å². The molecule has 6 heteroatoms. The van der Waals surface area contributed by atoms with Gasteiger partial charge in [0.25, 0.3) is 5.91 Å². The topological polar surface area (TPSA) is 81.7 Å². The van der Waals surface area contributed by atoms with E-state index in [0.717, 1.165) is 24.8 Å². The highest BCUT2D eigenvalue weighted by atomic mass is 16.5. The van der Waals surface area contributed by atoms with Gasteiger partial charge in [0.15, 0.2) is 6.61 Å². The maximum Gasteiger partial charge on any atom is 0.338 e. The van der Waals surface area contributed by atoms with Crippen molar-refractivity contribution < 1.29 is 23.9 Å². The van der Waals surface area contributed by atoms with Crippen LogP contribution in [0.2, 0.25) is 0 Å². The van der Waals surface area contributed by atoms with E-state index in [0.29, 0.717) is 5.56 Å². The van der Waals surface area contributed by atoms with Gasteiger partial charge in [0.2, 0.25) is 0 Å². The first-order chi connectivity index (χ1) is 14.1. The highest BCUT2D eigenvalue weighted by Gasteiger charge is 2.23. The van der Waals surface area contributed by atoms with E-state index in [9.17, 15) is 14.4 Å².